The van der Waals surface area contributed by atoms with Gasteiger partial charge in [-0.2, -0.15) is 4.98 Å². The molecule has 0 saturated heterocycles. The van der Waals surface area contributed by atoms with Crippen LogP contribution in [0.25, 0.3) is 17.1 Å². The van der Waals surface area contributed by atoms with E-state index in [0.717, 1.165) is 16.8 Å². The highest BCUT2D eigenvalue weighted by Gasteiger charge is 2.27. The molecule has 3 aromatic heterocycles. The van der Waals surface area contributed by atoms with Gasteiger partial charge >= 0.3 is 0 Å². The fraction of sp³-hybridized carbons (Fsp3) is 0.273. The Hall–Kier alpha value is -3.88. The normalized spacial score (nSPS) is 12.2. The van der Waals surface area contributed by atoms with E-state index < -0.39 is 6.04 Å². The van der Waals surface area contributed by atoms with Gasteiger partial charge in [0, 0.05) is 18.0 Å². The minimum atomic E-state index is -0.478. The van der Waals surface area contributed by atoms with Crippen LogP contribution in [0.1, 0.15) is 47.5 Å². The Morgan fingerprint density at radius 3 is 2.71 bits per heavy atom. The van der Waals surface area contributed by atoms with Crippen molar-refractivity contribution in [2.75, 3.05) is 0 Å². The average Bonchev–Trinajstić information content (AvgIpc) is 3.39. The zero-order valence-corrected chi connectivity index (χ0v) is 17.8. The number of hydrogen-bond acceptors (Lipinski definition) is 7. The summed E-state index contributed by atoms with van der Waals surface area (Å²) < 4.78 is 7.10. The van der Waals surface area contributed by atoms with Crippen LogP contribution in [0.15, 0.2) is 53.3 Å². The van der Waals surface area contributed by atoms with E-state index >= 15 is 0 Å². The van der Waals surface area contributed by atoms with E-state index in [2.05, 4.69) is 30.8 Å². The smallest absolute Gasteiger partial charge is 0.274 e. The number of aryl methyl sites for hydroxylation is 1. The average molecular weight is 417 g/mol. The fourth-order valence-electron chi connectivity index (χ4n) is 3.24. The van der Waals surface area contributed by atoms with E-state index in [-0.39, 0.29) is 17.5 Å². The molecule has 0 saturated carbocycles. The predicted molar refractivity (Wildman–Crippen MR) is 113 cm³/mol. The third-order valence-electron chi connectivity index (χ3n) is 4.94. The summed E-state index contributed by atoms with van der Waals surface area (Å²) >= 11 is 0. The largest absolute Gasteiger partial charge is 0.339 e. The van der Waals surface area contributed by atoms with Crippen molar-refractivity contribution in [1.29, 1.82) is 0 Å². The summed E-state index contributed by atoms with van der Waals surface area (Å²) in [5.41, 5.74) is 3.58. The molecule has 31 heavy (non-hydrogen) atoms. The van der Waals surface area contributed by atoms with Gasteiger partial charge in [0.25, 0.3) is 5.91 Å². The summed E-state index contributed by atoms with van der Waals surface area (Å²) in [5, 5.41) is 15.3. The van der Waals surface area contributed by atoms with Gasteiger partial charge in [0.2, 0.25) is 11.7 Å². The molecule has 0 aliphatic carbocycles. The van der Waals surface area contributed by atoms with Crippen molar-refractivity contribution in [2.24, 2.45) is 5.92 Å². The van der Waals surface area contributed by atoms with Crippen molar-refractivity contribution in [3.8, 4) is 17.1 Å². The Bertz CT molecular complexity index is 1200. The maximum absolute atomic E-state index is 13.0. The van der Waals surface area contributed by atoms with Crippen LogP contribution in [0.4, 0.5) is 0 Å². The molecule has 9 nitrogen and oxygen atoms in total. The number of rotatable bonds is 6. The number of hydrogen-bond donors (Lipinski definition) is 1. The number of aromatic nitrogens is 6. The van der Waals surface area contributed by atoms with Crippen LogP contribution in [0, 0.1) is 19.8 Å². The topological polar surface area (TPSA) is 112 Å². The summed E-state index contributed by atoms with van der Waals surface area (Å²) in [4.78, 5) is 21.5. The van der Waals surface area contributed by atoms with Gasteiger partial charge in [0.1, 0.15) is 6.04 Å². The molecule has 0 bridgehead atoms. The first-order valence-electron chi connectivity index (χ1n) is 9.98. The highest BCUT2D eigenvalue weighted by molar-refractivity contribution is 5.93. The van der Waals surface area contributed by atoms with E-state index in [0.29, 0.717) is 17.4 Å². The third-order valence-corrected chi connectivity index (χ3v) is 4.94. The lowest BCUT2D eigenvalue weighted by atomic mass is 10.0. The summed E-state index contributed by atoms with van der Waals surface area (Å²) in [6.07, 6.45) is 3.33. The molecular formula is C22H23N7O2. The molecular weight excluding hydrogens is 394 g/mol. The summed E-state index contributed by atoms with van der Waals surface area (Å²) in [5.74, 6) is 0.407. The maximum atomic E-state index is 13.0. The van der Waals surface area contributed by atoms with E-state index in [1.165, 1.54) is 0 Å². The van der Waals surface area contributed by atoms with Crippen molar-refractivity contribution in [1.82, 2.24) is 35.4 Å². The standard InChI is InChI=1S/C22H23N7O2/c1-13(2)18(22-25-20(27-31-22)16-8-6-10-23-12-16)24-21(30)19-15(4)29(28-26-19)17-9-5-7-14(3)11-17/h5-13,18H,1-4H3,(H,24,30). The van der Waals surface area contributed by atoms with Crippen LogP contribution < -0.4 is 5.32 Å². The lowest BCUT2D eigenvalue weighted by molar-refractivity contribution is 0.0908. The number of pyridine rings is 1. The molecule has 4 rings (SSSR count). The number of carbonyl (C=O) groups is 1. The Morgan fingerprint density at radius 1 is 1.16 bits per heavy atom. The van der Waals surface area contributed by atoms with Gasteiger partial charge in [-0.25, -0.2) is 4.68 Å². The Balaban J connectivity index is 1.57. The molecule has 1 N–H and O–H groups in total. The van der Waals surface area contributed by atoms with Gasteiger partial charge in [-0.15, -0.1) is 5.10 Å². The highest BCUT2D eigenvalue weighted by atomic mass is 16.5. The Morgan fingerprint density at radius 2 is 2.00 bits per heavy atom. The molecule has 158 valence electrons. The lowest BCUT2D eigenvalue weighted by Crippen LogP contribution is -2.32. The SMILES string of the molecule is Cc1cccc(-n2nnc(C(=O)NC(c3nc(-c4cccnc4)no3)C(C)C)c2C)c1. The van der Waals surface area contributed by atoms with Gasteiger partial charge < -0.3 is 9.84 Å². The van der Waals surface area contributed by atoms with E-state index in [9.17, 15) is 4.79 Å². The van der Waals surface area contributed by atoms with Crippen molar-refractivity contribution in [2.45, 2.75) is 33.7 Å². The number of nitrogens with one attached hydrogen (secondary N) is 1. The molecule has 1 atom stereocenters. The summed E-state index contributed by atoms with van der Waals surface area (Å²) in [6.45, 7) is 7.75. The Labute approximate surface area is 179 Å². The van der Waals surface area contributed by atoms with E-state index in [1.54, 1.807) is 23.1 Å². The number of benzene rings is 1. The van der Waals surface area contributed by atoms with Crippen molar-refractivity contribution >= 4 is 5.91 Å². The molecule has 0 fully saturated rings. The minimum absolute atomic E-state index is 0.0123. The fourth-order valence-corrected chi connectivity index (χ4v) is 3.24. The van der Waals surface area contributed by atoms with Gasteiger partial charge in [-0.05, 0) is 49.6 Å². The molecule has 9 heteroatoms. The van der Waals surface area contributed by atoms with Crippen LogP contribution in [0.3, 0.4) is 0 Å². The first-order chi connectivity index (χ1) is 14.9. The van der Waals surface area contributed by atoms with E-state index in [4.69, 9.17) is 4.52 Å². The first-order valence-corrected chi connectivity index (χ1v) is 9.98. The maximum Gasteiger partial charge on any atom is 0.274 e. The van der Waals surface area contributed by atoms with Crippen molar-refractivity contribution in [3.05, 3.63) is 71.6 Å². The monoisotopic (exact) mass is 417 g/mol. The summed E-state index contributed by atoms with van der Waals surface area (Å²) in [7, 11) is 0. The molecule has 1 unspecified atom stereocenters. The molecule has 0 aliphatic heterocycles. The molecule has 0 spiro atoms. The number of nitrogens with zero attached hydrogens (tertiary/aromatic N) is 6. The number of amides is 1. The van der Waals surface area contributed by atoms with Gasteiger partial charge in [0.15, 0.2) is 5.69 Å². The molecule has 4 aromatic rings. The van der Waals surface area contributed by atoms with Crippen molar-refractivity contribution < 1.29 is 9.32 Å². The van der Waals surface area contributed by atoms with Gasteiger partial charge in [0.05, 0.1) is 11.4 Å². The Kier molecular flexibility index (Phi) is 5.57. The first kappa shape index (κ1) is 20.4. The van der Waals surface area contributed by atoms with Crippen LogP contribution in [0.2, 0.25) is 0 Å². The van der Waals surface area contributed by atoms with Gasteiger partial charge in [-0.1, -0.05) is 36.4 Å². The van der Waals surface area contributed by atoms with Crippen LogP contribution in [-0.2, 0) is 0 Å². The zero-order valence-electron chi connectivity index (χ0n) is 17.8. The predicted octanol–water partition coefficient (Wildman–Crippen LogP) is 3.46. The van der Waals surface area contributed by atoms with Gasteiger partial charge in [-0.3, -0.25) is 9.78 Å². The summed E-state index contributed by atoms with van der Waals surface area (Å²) in [6, 6.07) is 11.0. The molecule has 3 heterocycles. The van der Waals surface area contributed by atoms with Crippen molar-refractivity contribution in [3.63, 3.8) is 0 Å². The highest BCUT2D eigenvalue weighted by Crippen LogP contribution is 2.24. The van der Waals surface area contributed by atoms with Crippen LogP contribution in [-0.4, -0.2) is 36.0 Å². The molecule has 1 aromatic carbocycles. The van der Waals surface area contributed by atoms with Crippen LogP contribution >= 0.6 is 0 Å². The molecule has 1 amide bonds. The second-order valence-electron chi connectivity index (χ2n) is 7.67. The lowest BCUT2D eigenvalue weighted by Gasteiger charge is -2.18. The number of carbonyl (C=O) groups excluding carboxylic acids is 1. The quantitative estimate of drug-likeness (QED) is 0.511. The van der Waals surface area contributed by atoms with E-state index in [1.807, 2.05) is 58.0 Å². The second kappa shape index (κ2) is 8.47. The minimum Gasteiger partial charge on any atom is -0.339 e. The van der Waals surface area contributed by atoms with Crippen LogP contribution in [0.5, 0.6) is 0 Å². The molecule has 0 aliphatic rings. The zero-order chi connectivity index (χ0) is 22.0. The molecule has 0 radical (unpaired) electrons. The third kappa shape index (κ3) is 4.20. The second-order valence-corrected chi connectivity index (χ2v) is 7.67.